The Morgan fingerprint density at radius 3 is 1.60 bits per heavy atom. The van der Waals surface area contributed by atoms with Crippen molar-refractivity contribution < 1.29 is 28.5 Å². The molecule has 0 spiro atoms. The van der Waals surface area contributed by atoms with E-state index >= 15 is 0 Å². The van der Waals surface area contributed by atoms with Gasteiger partial charge in [-0.1, -0.05) is 120 Å². The van der Waals surface area contributed by atoms with Crippen molar-refractivity contribution in [2.24, 2.45) is 0 Å². The molecule has 0 aliphatic carbocycles. The average Bonchev–Trinajstić information content (AvgIpc) is 3.04. The molecular weight excluding hydrogens is 560 g/mol. The van der Waals surface area contributed by atoms with Gasteiger partial charge in [0.2, 0.25) is 0 Å². The molecular formula is C36H38O6S. The molecule has 1 saturated heterocycles. The first-order valence-corrected chi connectivity index (χ1v) is 15.4. The van der Waals surface area contributed by atoms with Crippen molar-refractivity contribution in [1.82, 2.24) is 0 Å². The molecule has 43 heavy (non-hydrogen) atoms. The number of carbonyl (C=O) groups excluding carboxylic acids is 1. The second-order valence-electron chi connectivity index (χ2n) is 10.6. The monoisotopic (exact) mass is 598 g/mol. The lowest BCUT2D eigenvalue weighted by Crippen LogP contribution is -2.60. The van der Waals surface area contributed by atoms with Gasteiger partial charge in [-0.2, -0.15) is 0 Å². The molecule has 1 heterocycles. The van der Waals surface area contributed by atoms with Gasteiger partial charge in [-0.25, -0.2) is 0 Å². The summed E-state index contributed by atoms with van der Waals surface area (Å²) in [4.78, 5) is 13.0. The summed E-state index contributed by atoms with van der Waals surface area (Å²) >= 11 is 1.57. The van der Waals surface area contributed by atoms with Crippen LogP contribution in [0, 0.1) is 6.92 Å². The van der Waals surface area contributed by atoms with Gasteiger partial charge in [0.05, 0.1) is 19.8 Å². The molecule has 0 aromatic heterocycles. The molecule has 4 aromatic carbocycles. The van der Waals surface area contributed by atoms with E-state index in [0.29, 0.717) is 19.8 Å². The maximum Gasteiger partial charge on any atom is 0.302 e. The normalized spacial score (nSPS) is 21.8. The number of rotatable bonds is 13. The fraction of sp³-hybridized carbons (Fsp3) is 0.306. The van der Waals surface area contributed by atoms with Crippen molar-refractivity contribution in [3.8, 4) is 0 Å². The summed E-state index contributed by atoms with van der Waals surface area (Å²) in [7, 11) is 0. The zero-order valence-electron chi connectivity index (χ0n) is 24.5. The molecule has 1 aliphatic heterocycles. The Morgan fingerprint density at radius 1 is 0.651 bits per heavy atom. The summed E-state index contributed by atoms with van der Waals surface area (Å²) in [5.74, 6) is -0.377. The first kappa shape index (κ1) is 31.0. The number of aryl methyl sites for hydroxylation is 1. The van der Waals surface area contributed by atoms with Crippen LogP contribution in [-0.4, -0.2) is 42.4 Å². The summed E-state index contributed by atoms with van der Waals surface area (Å²) in [6.07, 6.45) is -2.17. The Labute approximate surface area is 258 Å². The van der Waals surface area contributed by atoms with Crippen LogP contribution in [-0.2, 0) is 48.3 Å². The lowest BCUT2D eigenvalue weighted by molar-refractivity contribution is -0.253. The van der Waals surface area contributed by atoms with Crippen molar-refractivity contribution >= 4 is 17.7 Å². The largest absolute Gasteiger partial charge is 0.463 e. The van der Waals surface area contributed by atoms with Gasteiger partial charge in [-0.3, -0.25) is 4.79 Å². The zero-order chi connectivity index (χ0) is 29.9. The highest BCUT2D eigenvalue weighted by molar-refractivity contribution is 7.99. The predicted octanol–water partition coefficient (Wildman–Crippen LogP) is 7.13. The van der Waals surface area contributed by atoms with Crippen LogP contribution in [0.4, 0.5) is 0 Å². The molecule has 0 radical (unpaired) electrons. The molecule has 224 valence electrons. The second-order valence-corrected chi connectivity index (χ2v) is 11.7. The molecule has 0 N–H and O–H groups in total. The van der Waals surface area contributed by atoms with E-state index in [4.69, 9.17) is 23.7 Å². The average molecular weight is 599 g/mol. The van der Waals surface area contributed by atoms with Crippen LogP contribution in [0.2, 0.25) is 0 Å². The number of carbonyl (C=O) groups is 1. The molecule has 5 rings (SSSR count). The molecule has 2 unspecified atom stereocenters. The zero-order valence-corrected chi connectivity index (χ0v) is 25.4. The topological polar surface area (TPSA) is 63.2 Å². The minimum absolute atomic E-state index is 0.0380. The fourth-order valence-corrected chi connectivity index (χ4v) is 6.05. The molecule has 4 aromatic rings. The third kappa shape index (κ3) is 9.26. The number of esters is 1. The molecule has 0 amide bonds. The van der Waals surface area contributed by atoms with Gasteiger partial charge < -0.3 is 23.7 Å². The third-order valence-corrected chi connectivity index (χ3v) is 8.33. The lowest BCUT2D eigenvalue weighted by atomic mass is 9.99. The van der Waals surface area contributed by atoms with Gasteiger partial charge in [0, 0.05) is 11.8 Å². The van der Waals surface area contributed by atoms with Crippen molar-refractivity contribution in [3.63, 3.8) is 0 Å². The first-order valence-electron chi connectivity index (χ1n) is 14.5. The number of hydrogen-bond acceptors (Lipinski definition) is 7. The summed E-state index contributed by atoms with van der Waals surface area (Å²) in [5, 5.41) is 0. The molecule has 6 nitrogen and oxygen atoms in total. The predicted molar refractivity (Wildman–Crippen MR) is 167 cm³/mol. The molecule has 1 aliphatic rings. The van der Waals surface area contributed by atoms with Gasteiger partial charge in [0.1, 0.15) is 36.5 Å². The Hall–Kier alpha value is -3.46. The van der Waals surface area contributed by atoms with Crippen LogP contribution in [0.3, 0.4) is 0 Å². The van der Waals surface area contributed by atoms with E-state index in [0.717, 1.165) is 21.6 Å². The molecule has 1 fully saturated rings. The number of ether oxygens (including phenoxy) is 5. The Bertz CT molecular complexity index is 1380. The van der Waals surface area contributed by atoms with Crippen LogP contribution in [0.1, 0.15) is 29.2 Å². The van der Waals surface area contributed by atoms with Crippen LogP contribution in [0.25, 0.3) is 0 Å². The van der Waals surface area contributed by atoms with Crippen LogP contribution >= 0.6 is 11.8 Å². The standard InChI is InChI=1S/C36H38O6S/c1-26-18-20-31(21-19-26)43-36-35(41-24-30-16-10-5-11-17-30)34(40-23-29-14-8-4-9-15-29)33(32(42-36)25-38-27(2)37)39-22-28-12-6-3-7-13-28/h3-21,32-36H,22-25H2,1-2H3/t32?,33-,34-,35?,36-/m0/s1. The quantitative estimate of drug-likeness (QED) is 0.152. The van der Waals surface area contributed by atoms with Crippen LogP contribution < -0.4 is 0 Å². The molecule has 5 atom stereocenters. The number of benzene rings is 4. The van der Waals surface area contributed by atoms with E-state index < -0.39 is 29.9 Å². The van der Waals surface area contributed by atoms with Crippen LogP contribution in [0.5, 0.6) is 0 Å². The summed E-state index contributed by atoms with van der Waals surface area (Å²) in [5.41, 5.74) is 3.83. The van der Waals surface area contributed by atoms with E-state index in [1.54, 1.807) is 11.8 Å². The minimum atomic E-state index is -0.576. The highest BCUT2D eigenvalue weighted by atomic mass is 32.2. The second kappa shape index (κ2) is 15.8. The van der Waals surface area contributed by atoms with Crippen molar-refractivity contribution in [2.45, 2.75) is 68.4 Å². The van der Waals surface area contributed by atoms with Crippen molar-refractivity contribution in [3.05, 3.63) is 138 Å². The minimum Gasteiger partial charge on any atom is -0.463 e. The lowest BCUT2D eigenvalue weighted by Gasteiger charge is -2.45. The Balaban J connectivity index is 1.48. The van der Waals surface area contributed by atoms with E-state index in [-0.39, 0.29) is 12.6 Å². The van der Waals surface area contributed by atoms with Crippen LogP contribution in [0.15, 0.2) is 120 Å². The maximum atomic E-state index is 11.9. The summed E-state index contributed by atoms with van der Waals surface area (Å²) in [6, 6.07) is 38.4. The van der Waals surface area contributed by atoms with E-state index in [9.17, 15) is 4.79 Å². The van der Waals surface area contributed by atoms with Gasteiger partial charge in [0.25, 0.3) is 0 Å². The van der Waals surface area contributed by atoms with E-state index in [1.807, 2.05) is 91.0 Å². The van der Waals surface area contributed by atoms with Crippen molar-refractivity contribution in [1.29, 1.82) is 0 Å². The summed E-state index contributed by atoms with van der Waals surface area (Å²) in [6.45, 7) is 4.59. The van der Waals surface area contributed by atoms with Gasteiger partial charge in [0.15, 0.2) is 0 Å². The number of hydrogen-bond donors (Lipinski definition) is 0. The smallest absolute Gasteiger partial charge is 0.302 e. The summed E-state index contributed by atoms with van der Waals surface area (Å²) < 4.78 is 32.2. The molecule has 0 saturated carbocycles. The van der Waals surface area contributed by atoms with Gasteiger partial charge >= 0.3 is 5.97 Å². The fourth-order valence-electron chi connectivity index (χ4n) is 4.93. The first-order chi connectivity index (χ1) is 21.0. The SMILES string of the molecule is CC(=O)OCC1O[C@@H](Sc2ccc(C)cc2)C(OCc2ccccc2)[C@@H](OCc2ccccc2)[C@H]1OCc1ccccc1. The van der Waals surface area contributed by atoms with E-state index in [2.05, 4.69) is 31.2 Å². The Morgan fingerprint density at radius 2 is 1.12 bits per heavy atom. The maximum absolute atomic E-state index is 11.9. The highest BCUT2D eigenvalue weighted by Crippen LogP contribution is 2.38. The molecule has 0 bridgehead atoms. The van der Waals surface area contributed by atoms with Gasteiger partial charge in [-0.15, -0.1) is 0 Å². The molecule has 7 heteroatoms. The van der Waals surface area contributed by atoms with Gasteiger partial charge in [-0.05, 0) is 35.7 Å². The number of thioether (sulfide) groups is 1. The highest BCUT2D eigenvalue weighted by Gasteiger charge is 2.49. The van der Waals surface area contributed by atoms with E-state index in [1.165, 1.54) is 12.5 Å². The third-order valence-electron chi connectivity index (χ3n) is 7.17. The van der Waals surface area contributed by atoms with Crippen molar-refractivity contribution in [2.75, 3.05) is 6.61 Å². The Kier molecular flexibility index (Phi) is 11.4.